The largest absolute Gasteiger partial charge is 0.365 e. The summed E-state index contributed by atoms with van der Waals surface area (Å²) in [5.41, 5.74) is 2.55. The van der Waals surface area contributed by atoms with Crippen molar-refractivity contribution in [3.8, 4) is 0 Å². The molecule has 0 amide bonds. The first-order chi connectivity index (χ1) is 10.3. The fourth-order valence-electron chi connectivity index (χ4n) is 2.05. The van der Waals surface area contributed by atoms with E-state index < -0.39 is 0 Å². The van der Waals surface area contributed by atoms with E-state index in [0.717, 1.165) is 25.3 Å². The molecule has 0 spiro atoms. The van der Waals surface area contributed by atoms with E-state index in [9.17, 15) is 0 Å². The van der Waals surface area contributed by atoms with Crippen molar-refractivity contribution in [2.24, 2.45) is 0 Å². The van der Waals surface area contributed by atoms with Gasteiger partial charge in [0.1, 0.15) is 5.82 Å². The predicted molar refractivity (Wildman–Crippen MR) is 89.4 cm³/mol. The SMILES string of the molecule is C/C=C(\C=C/CC)CNc1cn(Cc2ccccc2)cn1. The zero-order valence-electron chi connectivity index (χ0n) is 12.8. The minimum absolute atomic E-state index is 0.801. The molecule has 0 unspecified atom stereocenters. The lowest BCUT2D eigenvalue weighted by Crippen LogP contribution is -2.03. The quantitative estimate of drug-likeness (QED) is 0.769. The highest BCUT2D eigenvalue weighted by atomic mass is 15.1. The van der Waals surface area contributed by atoms with Crippen LogP contribution in [-0.2, 0) is 6.54 Å². The fraction of sp³-hybridized carbons (Fsp3) is 0.278. The van der Waals surface area contributed by atoms with Crippen LogP contribution < -0.4 is 5.32 Å². The summed E-state index contributed by atoms with van der Waals surface area (Å²) in [6, 6.07) is 10.4. The van der Waals surface area contributed by atoms with Gasteiger partial charge in [0.2, 0.25) is 0 Å². The van der Waals surface area contributed by atoms with Gasteiger partial charge in [0.25, 0.3) is 0 Å². The van der Waals surface area contributed by atoms with Crippen molar-refractivity contribution in [1.82, 2.24) is 9.55 Å². The highest BCUT2D eigenvalue weighted by Crippen LogP contribution is 2.08. The summed E-state index contributed by atoms with van der Waals surface area (Å²) in [5, 5.41) is 3.36. The molecule has 1 N–H and O–H groups in total. The standard InChI is InChI=1S/C18H23N3/c1-3-5-9-16(4-2)12-19-18-14-21(15-20-18)13-17-10-7-6-8-11-17/h4-11,14-15,19H,3,12-13H2,1-2H3/b9-5-,16-4+. The van der Waals surface area contributed by atoms with E-state index in [0.29, 0.717) is 0 Å². The maximum absolute atomic E-state index is 4.40. The Morgan fingerprint density at radius 2 is 2.10 bits per heavy atom. The molecule has 0 bridgehead atoms. The molecule has 0 radical (unpaired) electrons. The Balaban J connectivity index is 1.90. The second-order valence-electron chi connectivity index (χ2n) is 4.94. The third kappa shape index (κ3) is 4.95. The van der Waals surface area contributed by atoms with Crippen LogP contribution in [-0.4, -0.2) is 16.1 Å². The monoisotopic (exact) mass is 281 g/mol. The summed E-state index contributed by atoms with van der Waals surface area (Å²) in [7, 11) is 0. The Morgan fingerprint density at radius 3 is 2.81 bits per heavy atom. The number of anilines is 1. The summed E-state index contributed by atoms with van der Waals surface area (Å²) < 4.78 is 2.09. The van der Waals surface area contributed by atoms with Gasteiger partial charge in [-0.15, -0.1) is 0 Å². The van der Waals surface area contributed by atoms with Crippen LogP contribution in [0, 0.1) is 0 Å². The van der Waals surface area contributed by atoms with Gasteiger partial charge in [0, 0.05) is 19.3 Å². The van der Waals surface area contributed by atoms with Crippen molar-refractivity contribution in [2.45, 2.75) is 26.8 Å². The Hall–Kier alpha value is -2.29. The molecule has 21 heavy (non-hydrogen) atoms. The van der Waals surface area contributed by atoms with Crippen LogP contribution in [0.1, 0.15) is 25.8 Å². The topological polar surface area (TPSA) is 29.9 Å². The van der Waals surface area contributed by atoms with Gasteiger partial charge in [-0.3, -0.25) is 0 Å². The zero-order chi connectivity index (χ0) is 14.9. The lowest BCUT2D eigenvalue weighted by molar-refractivity contribution is 0.797. The molecule has 0 aliphatic rings. The van der Waals surface area contributed by atoms with Gasteiger partial charge in [0.15, 0.2) is 0 Å². The smallest absolute Gasteiger partial charge is 0.144 e. The Morgan fingerprint density at radius 1 is 1.29 bits per heavy atom. The van der Waals surface area contributed by atoms with E-state index in [2.05, 4.69) is 71.2 Å². The molecule has 3 heteroatoms. The molecule has 1 aromatic carbocycles. The van der Waals surface area contributed by atoms with Gasteiger partial charge < -0.3 is 9.88 Å². The van der Waals surface area contributed by atoms with Gasteiger partial charge >= 0.3 is 0 Å². The van der Waals surface area contributed by atoms with Crippen molar-refractivity contribution in [2.75, 3.05) is 11.9 Å². The molecule has 2 rings (SSSR count). The van der Waals surface area contributed by atoms with E-state index in [1.54, 1.807) is 0 Å². The summed E-state index contributed by atoms with van der Waals surface area (Å²) in [4.78, 5) is 4.40. The van der Waals surface area contributed by atoms with E-state index in [1.807, 2.05) is 18.6 Å². The number of nitrogens with one attached hydrogen (secondary N) is 1. The van der Waals surface area contributed by atoms with Gasteiger partial charge in [-0.2, -0.15) is 0 Å². The van der Waals surface area contributed by atoms with Crippen molar-refractivity contribution in [3.05, 3.63) is 72.2 Å². The summed E-state index contributed by atoms with van der Waals surface area (Å²) in [6.07, 6.45) is 11.4. The highest BCUT2D eigenvalue weighted by Gasteiger charge is 1.99. The van der Waals surface area contributed by atoms with E-state index in [-0.39, 0.29) is 0 Å². The van der Waals surface area contributed by atoms with E-state index in [4.69, 9.17) is 0 Å². The zero-order valence-corrected chi connectivity index (χ0v) is 12.8. The molecule has 0 aliphatic heterocycles. The van der Waals surface area contributed by atoms with Crippen LogP contribution >= 0.6 is 0 Å². The summed E-state index contributed by atoms with van der Waals surface area (Å²) in [5.74, 6) is 0.912. The predicted octanol–water partition coefficient (Wildman–Crippen LogP) is 4.26. The van der Waals surface area contributed by atoms with Crippen LogP contribution in [0.15, 0.2) is 66.7 Å². The number of imidazole rings is 1. The molecule has 0 fully saturated rings. The van der Waals surface area contributed by atoms with Crippen molar-refractivity contribution < 1.29 is 0 Å². The minimum atomic E-state index is 0.801. The molecule has 0 saturated heterocycles. The number of hydrogen-bond donors (Lipinski definition) is 1. The van der Waals surface area contributed by atoms with Crippen LogP contribution in [0.5, 0.6) is 0 Å². The van der Waals surface area contributed by atoms with Crippen LogP contribution in [0.25, 0.3) is 0 Å². The number of allylic oxidation sites excluding steroid dienone is 2. The van der Waals surface area contributed by atoms with Gasteiger partial charge in [-0.05, 0) is 24.5 Å². The number of hydrogen-bond acceptors (Lipinski definition) is 2. The van der Waals surface area contributed by atoms with Crippen molar-refractivity contribution in [1.29, 1.82) is 0 Å². The van der Waals surface area contributed by atoms with Gasteiger partial charge in [0.05, 0.1) is 6.33 Å². The molecule has 110 valence electrons. The third-order valence-electron chi connectivity index (χ3n) is 3.25. The molecular weight excluding hydrogens is 258 g/mol. The minimum Gasteiger partial charge on any atom is -0.365 e. The maximum atomic E-state index is 4.40. The lowest BCUT2D eigenvalue weighted by atomic mass is 10.2. The number of aromatic nitrogens is 2. The van der Waals surface area contributed by atoms with Gasteiger partial charge in [-0.1, -0.05) is 55.5 Å². The van der Waals surface area contributed by atoms with Crippen LogP contribution in [0.3, 0.4) is 0 Å². The Bertz CT molecular complexity index is 594. The number of nitrogens with zero attached hydrogens (tertiary/aromatic N) is 2. The molecule has 0 atom stereocenters. The second kappa shape index (κ2) is 8.10. The molecule has 1 aromatic heterocycles. The van der Waals surface area contributed by atoms with Crippen LogP contribution in [0.4, 0.5) is 5.82 Å². The maximum Gasteiger partial charge on any atom is 0.144 e. The first-order valence-corrected chi connectivity index (χ1v) is 7.43. The van der Waals surface area contributed by atoms with Crippen molar-refractivity contribution in [3.63, 3.8) is 0 Å². The average molecular weight is 281 g/mol. The molecule has 2 aromatic rings. The Labute approximate surface area is 127 Å². The summed E-state index contributed by atoms with van der Waals surface area (Å²) in [6.45, 7) is 5.85. The number of rotatable bonds is 7. The molecule has 0 saturated carbocycles. The Kier molecular flexibility index (Phi) is 5.83. The second-order valence-corrected chi connectivity index (χ2v) is 4.94. The van der Waals surface area contributed by atoms with Crippen molar-refractivity contribution >= 4 is 5.82 Å². The average Bonchev–Trinajstić information content (AvgIpc) is 2.96. The molecular formula is C18H23N3. The van der Waals surface area contributed by atoms with Gasteiger partial charge in [-0.25, -0.2) is 4.98 Å². The van der Waals surface area contributed by atoms with E-state index >= 15 is 0 Å². The molecule has 3 nitrogen and oxygen atoms in total. The van der Waals surface area contributed by atoms with Crippen LogP contribution in [0.2, 0.25) is 0 Å². The lowest BCUT2D eigenvalue weighted by Gasteiger charge is -2.04. The first-order valence-electron chi connectivity index (χ1n) is 7.43. The number of benzene rings is 1. The molecule has 1 heterocycles. The first kappa shape index (κ1) is 15.1. The molecule has 0 aliphatic carbocycles. The summed E-state index contributed by atoms with van der Waals surface area (Å²) >= 11 is 0. The normalized spacial score (nSPS) is 12.0. The third-order valence-corrected chi connectivity index (χ3v) is 3.25. The fourth-order valence-corrected chi connectivity index (χ4v) is 2.05. The highest BCUT2D eigenvalue weighted by molar-refractivity contribution is 5.36. The van der Waals surface area contributed by atoms with E-state index in [1.165, 1.54) is 11.1 Å².